The van der Waals surface area contributed by atoms with Gasteiger partial charge in [-0.15, -0.1) is 0 Å². The SMILES string of the molecule is CNC(=O)COc1cc2cc(Nc3nc(N4CCC([C@@](C)(O)C5CCN(c6ccc7c(C8CCC(=O)NC8=O)nn(C)c7c6)CC5)CC4)ncc3Cl)cnc2n(C(C)C)c1=O. The highest BCUT2D eigenvalue weighted by molar-refractivity contribution is 6.33. The second-order valence-electron chi connectivity index (χ2n) is 16.8. The lowest BCUT2D eigenvalue weighted by atomic mass is 9.70. The van der Waals surface area contributed by atoms with Crippen LogP contribution in [-0.2, 0) is 21.4 Å². The maximum atomic E-state index is 13.2. The van der Waals surface area contributed by atoms with Gasteiger partial charge in [-0.1, -0.05) is 11.6 Å². The van der Waals surface area contributed by atoms with E-state index in [4.69, 9.17) is 26.4 Å². The van der Waals surface area contributed by atoms with Crippen molar-refractivity contribution >= 4 is 74.4 Å². The Kier molecular flexibility index (Phi) is 11.6. The summed E-state index contributed by atoms with van der Waals surface area (Å²) in [6.07, 6.45) is 7.23. The molecular weight excluding hydrogens is 802 g/mol. The van der Waals surface area contributed by atoms with Crippen molar-refractivity contribution in [3.63, 3.8) is 0 Å². The Morgan fingerprint density at radius 1 is 1.00 bits per heavy atom. The first-order valence-corrected chi connectivity index (χ1v) is 21.3. The Morgan fingerprint density at radius 3 is 2.38 bits per heavy atom. The fourth-order valence-corrected chi connectivity index (χ4v) is 9.34. The van der Waals surface area contributed by atoms with Crippen molar-refractivity contribution in [2.24, 2.45) is 18.9 Å². The second kappa shape index (κ2) is 16.9. The van der Waals surface area contributed by atoms with Gasteiger partial charge in [0, 0.05) is 69.2 Å². The monoisotopic (exact) mass is 853 g/mol. The summed E-state index contributed by atoms with van der Waals surface area (Å²) in [5, 5.41) is 26.9. The van der Waals surface area contributed by atoms with Crippen LogP contribution in [0.1, 0.15) is 76.9 Å². The fourth-order valence-electron chi connectivity index (χ4n) is 9.20. The van der Waals surface area contributed by atoms with E-state index < -0.39 is 11.5 Å². The summed E-state index contributed by atoms with van der Waals surface area (Å²) in [6, 6.07) is 9.44. The third-order valence-corrected chi connectivity index (χ3v) is 13.0. The molecule has 3 saturated heterocycles. The molecule has 8 rings (SSSR count). The number of nitrogens with one attached hydrogen (secondary N) is 3. The average Bonchev–Trinajstić information content (AvgIpc) is 3.58. The number of piperidine rings is 3. The van der Waals surface area contributed by atoms with E-state index in [-0.39, 0.29) is 53.5 Å². The van der Waals surface area contributed by atoms with E-state index in [0.717, 1.165) is 55.4 Å². The van der Waals surface area contributed by atoms with Crippen molar-refractivity contribution in [1.82, 2.24) is 39.9 Å². The number of amides is 3. The van der Waals surface area contributed by atoms with Crippen LogP contribution in [0.5, 0.6) is 5.75 Å². The Labute approximate surface area is 357 Å². The number of pyridine rings is 2. The third-order valence-electron chi connectivity index (χ3n) is 12.7. The highest BCUT2D eigenvalue weighted by atomic mass is 35.5. The molecule has 0 spiro atoms. The minimum atomic E-state index is -0.842. The van der Waals surface area contributed by atoms with E-state index in [1.807, 2.05) is 44.6 Å². The smallest absolute Gasteiger partial charge is 0.294 e. The molecule has 61 heavy (non-hydrogen) atoms. The number of aromatic nitrogens is 6. The van der Waals surface area contributed by atoms with Crippen LogP contribution in [0, 0.1) is 11.8 Å². The lowest BCUT2D eigenvalue weighted by Crippen LogP contribution is -2.51. The van der Waals surface area contributed by atoms with Gasteiger partial charge in [0.05, 0.1) is 40.8 Å². The predicted octanol–water partition coefficient (Wildman–Crippen LogP) is 4.58. The van der Waals surface area contributed by atoms with Gasteiger partial charge in [0.1, 0.15) is 10.7 Å². The number of carbonyl (C=O) groups excluding carboxylic acids is 3. The van der Waals surface area contributed by atoms with Crippen molar-refractivity contribution in [3.8, 4) is 5.75 Å². The number of aliphatic hydroxyl groups is 1. The summed E-state index contributed by atoms with van der Waals surface area (Å²) in [5.41, 5.74) is 2.57. The molecule has 3 fully saturated rings. The van der Waals surface area contributed by atoms with E-state index in [1.165, 1.54) is 11.6 Å². The number of fused-ring (bicyclic) bond motifs is 2. The maximum Gasteiger partial charge on any atom is 0.294 e. The minimum Gasteiger partial charge on any atom is -0.478 e. The highest BCUT2D eigenvalue weighted by Gasteiger charge is 2.42. The number of nitrogens with zero attached hydrogens (tertiary/aromatic N) is 8. The Balaban J connectivity index is 0.894. The van der Waals surface area contributed by atoms with Crippen molar-refractivity contribution < 1.29 is 24.2 Å². The zero-order chi connectivity index (χ0) is 43.2. The minimum absolute atomic E-state index is 0.0440. The lowest BCUT2D eigenvalue weighted by Gasteiger charge is -2.46. The number of imide groups is 1. The summed E-state index contributed by atoms with van der Waals surface area (Å²) in [6.45, 7) is 8.45. The molecule has 3 aliphatic heterocycles. The molecule has 0 saturated carbocycles. The summed E-state index contributed by atoms with van der Waals surface area (Å²) in [4.78, 5) is 67.8. The number of likely N-dealkylation sites (N-methyl/N-ethyl adjacent to an activating group) is 1. The van der Waals surface area contributed by atoms with Gasteiger partial charge in [0.25, 0.3) is 11.5 Å². The number of anilines is 4. The quantitative estimate of drug-likeness (QED) is 0.135. The van der Waals surface area contributed by atoms with Crippen LogP contribution in [-0.4, -0.2) is 97.6 Å². The maximum absolute atomic E-state index is 13.2. The van der Waals surface area contributed by atoms with Gasteiger partial charge in [-0.2, -0.15) is 10.1 Å². The Hall–Kier alpha value is -5.81. The van der Waals surface area contributed by atoms with Gasteiger partial charge in [-0.25, -0.2) is 9.97 Å². The number of aryl methyl sites for hydroxylation is 1. The number of ether oxygens (including phenoxy) is 1. The van der Waals surface area contributed by atoms with Crippen LogP contribution in [0.4, 0.5) is 23.1 Å². The molecule has 4 aromatic heterocycles. The molecule has 2 atom stereocenters. The summed E-state index contributed by atoms with van der Waals surface area (Å²) in [7, 11) is 3.38. The Bertz CT molecular complexity index is 2560. The molecule has 4 N–H and O–H groups in total. The van der Waals surface area contributed by atoms with Crippen LogP contribution < -0.4 is 36.0 Å². The van der Waals surface area contributed by atoms with Gasteiger partial charge >= 0.3 is 0 Å². The summed E-state index contributed by atoms with van der Waals surface area (Å²) < 4.78 is 8.94. The van der Waals surface area contributed by atoms with Gasteiger partial charge in [-0.05, 0) is 95.0 Å². The van der Waals surface area contributed by atoms with E-state index in [0.29, 0.717) is 65.1 Å². The zero-order valence-electron chi connectivity index (χ0n) is 35.1. The molecule has 18 heteroatoms. The normalized spacial score (nSPS) is 19.0. The molecule has 0 radical (unpaired) electrons. The first-order valence-electron chi connectivity index (χ1n) is 20.9. The lowest BCUT2D eigenvalue weighted by molar-refractivity contribution is -0.134. The van der Waals surface area contributed by atoms with Gasteiger partial charge in [0.2, 0.25) is 17.8 Å². The Morgan fingerprint density at radius 2 is 1.70 bits per heavy atom. The van der Waals surface area contributed by atoms with E-state index in [2.05, 4.69) is 47.9 Å². The molecule has 5 aromatic rings. The van der Waals surface area contributed by atoms with Crippen molar-refractivity contribution in [3.05, 3.63) is 63.8 Å². The average molecular weight is 854 g/mol. The van der Waals surface area contributed by atoms with Crippen LogP contribution in [0.3, 0.4) is 0 Å². The number of hydrogen-bond acceptors (Lipinski definition) is 13. The topological polar surface area (TPSA) is 202 Å². The highest BCUT2D eigenvalue weighted by Crippen LogP contribution is 2.41. The van der Waals surface area contributed by atoms with Crippen LogP contribution in [0.25, 0.3) is 21.9 Å². The number of hydrogen-bond donors (Lipinski definition) is 4. The zero-order valence-corrected chi connectivity index (χ0v) is 35.8. The third kappa shape index (κ3) is 8.32. The standard InChI is InChI=1S/C43H52ClN11O6/c1-24(2)55-39-25(19-34(41(55)59)61-23-36(57)45-4)18-28(21-46-39)48-38-32(44)22-47-42(50-38)54-16-12-27(13-17-54)43(3,60)26-10-14-53(15-11-26)29-6-7-30-33(20-29)52(5)51-37(30)31-8-9-35(56)49-40(31)58/h6-7,18-22,24,26-27,31,60H,8-17,23H2,1-5H3,(H,45,57)(H,47,48,50)(H,49,56,58)/t31?,43-/m0/s1. The van der Waals surface area contributed by atoms with Gasteiger partial charge in [0.15, 0.2) is 18.2 Å². The number of carbonyl (C=O) groups is 3. The van der Waals surface area contributed by atoms with Crippen molar-refractivity contribution in [2.75, 3.05) is 55.0 Å². The largest absolute Gasteiger partial charge is 0.478 e. The van der Waals surface area contributed by atoms with E-state index >= 15 is 0 Å². The van der Waals surface area contributed by atoms with E-state index in [9.17, 15) is 24.3 Å². The van der Waals surface area contributed by atoms with Gasteiger partial charge in [-0.3, -0.25) is 33.7 Å². The second-order valence-corrected chi connectivity index (χ2v) is 17.2. The van der Waals surface area contributed by atoms with Crippen LogP contribution >= 0.6 is 11.6 Å². The summed E-state index contributed by atoms with van der Waals surface area (Å²) >= 11 is 6.60. The number of benzene rings is 1. The predicted molar refractivity (Wildman–Crippen MR) is 233 cm³/mol. The molecule has 7 heterocycles. The molecular formula is C43H52ClN11O6. The van der Waals surface area contributed by atoms with Crippen molar-refractivity contribution in [1.29, 1.82) is 0 Å². The molecule has 17 nitrogen and oxygen atoms in total. The molecule has 3 aliphatic rings. The molecule has 0 aliphatic carbocycles. The van der Waals surface area contributed by atoms with Gasteiger partial charge < -0.3 is 30.3 Å². The van der Waals surface area contributed by atoms with E-state index in [1.54, 1.807) is 18.5 Å². The molecule has 0 bridgehead atoms. The first kappa shape index (κ1) is 41.9. The fraction of sp³-hybridized carbons (Fsp3) is 0.488. The number of rotatable bonds is 11. The molecule has 1 unspecified atom stereocenters. The molecule has 322 valence electrons. The van der Waals surface area contributed by atoms with Crippen LogP contribution in [0.2, 0.25) is 5.02 Å². The van der Waals surface area contributed by atoms with Crippen LogP contribution in [0.15, 0.2) is 47.5 Å². The van der Waals surface area contributed by atoms with Crippen molar-refractivity contribution in [2.45, 2.75) is 76.9 Å². The molecule has 3 amide bonds. The molecule has 1 aromatic carbocycles. The number of halogens is 1. The summed E-state index contributed by atoms with van der Waals surface area (Å²) in [5.74, 6) is -0.0984. The first-order chi connectivity index (χ1) is 29.2.